The van der Waals surface area contributed by atoms with Crippen molar-refractivity contribution in [3.05, 3.63) is 57.3 Å². The monoisotopic (exact) mass is 370 g/mol. The number of aryl methyl sites for hydroxylation is 1. The van der Waals surface area contributed by atoms with Crippen molar-refractivity contribution in [2.75, 3.05) is 17.2 Å². The Morgan fingerprint density at radius 2 is 1.95 bits per heavy atom. The summed E-state index contributed by atoms with van der Waals surface area (Å²) in [6.07, 6.45) is 0. The Labute approximate surface area is 135 Å². The minimum Gasteiger partial charge on any atom is -0.376 e. The molecule has 2 aromatic rings. The van der Waals surface area contributed by atoms with Crippen molar-refractivity contribution >= 4 is 44.8 Å². The van der Waals surface area contributed by atoms with Crippen LogP contribution in [0, 0.1) is 12.7 Å². The van der Waals surface area contributed by atoms with Crippen molar-refractivity contribution in [2.24, 2.45) is 0 Å². The molecule has 0 atom stereocenters. The summed E-state index contributed by atoms with van der Waals surface area (Å²) in [7, 11) is 0. The van der Waals surface area contributed by atoms with E-state index < -0.39 is 5.82 Å². The highest BCUT2D eigenvalue weighted by molar-refractivity contribution is 9.10. The molecule has 1 amide bonds. The SMILES string of the molecule is Cc1ccc(NCC(=O)Nc2ccc(F)c(Cl)c2)cc1Br. The van der Waals surface area contributed by atoms with E-state index in [1.165, 1.54) is 18.2 Å². The van der Waals surface area contributed by atoms with Crippen LogP contribution in [0.4, 0.5) is 15.8 Å². The first-order valence-corrected chi connectivity index (χ1v) is 7.38. The highest BCUT2D eigenvalue weighted by Gasteiger charge is 2.05. The van der Waals surface area contributed by atoms with Gasteiger partial charge in [-0.1, -0.05) is 33.6 Å². The van der Waals surface area contributed by atoms with E-state index in [0.717, 1.165) is 15.7 Å². The number of hydrogen-bond acceptors (Lipinski definition) is 2. The molecule has 2 aromatic carbocycles. The molecule has 0 bridgehead atoms. The van der Waals surface area contributed by atoms with E-state index in [1.807, 2.05) is 25.1 Å². The number of halogens is 3. The predicted molar refractivity (Wildman–Crippen MR) is 87.4 cm³/mol. The molecule has 0 fully saturated rings. The van der Waals surface area contributed by atoms with Crippen LogP contribution < -0.4 is 10.6 Å². The van der Waals surface area contributed by atoms with E-state index in [2.05, 4.69) is 26.6 Å². The zero-order valence-electron chi connectivity index (χ0n) is 11.2. The van der Waals surface area contributed by atoms with Crippen LogP contribution in [0.2, 0.25) is 5.02 Å². The van der Waals surface area contributed by atoms with E-state index >= 15 is 0 Å². The molecule has 110 valence electrons. The smallest absolute Gasteiger partial charge is 0.243 e. The van der Waals surface area contributed by atoms with Crippen LogP contribution in [0.5, 0.6) is 0 Å². The van der Waals surface area contributed by atoms with E-state index in [9.17, 15) is 9.18 Å². The van der Waals surface area contributed by atoms with Gasteiger partial charge in [0, 0.05) is 15.8 Å². The van der Waals surface area contributed by atoms with Gasteiger partial charge >= 0.3 is 0 Å². The molecule has 0 unspecified atom stereocenters. The summed E-state index contributed by atoms with van der Waals surface area (Å²) in [5, 5.41) is 5.63. The second-order valence-corrected chi connectivity index (χ2v) is 5.76. The van der Waals surface area contributed by atoms with Gasteiger partial charge in [0.25, 0.3) is 0 Å². The third-order valence-corrected chi connectivity index (χ3v) is 3.97. The largest absolute Gasteiger partial charge is 0.376 e. The van der Waals surface area contributed by atoms with Gasteiger partial charge in [-0.25, -0.2) is 4.39 Å². The maximum atomic E-state index is 13.0. The molecular weight excluding hydrogens is 359 g/mol. The number of hydrogen-bond donors (Lipinski definition) is 2. The summed E-state index contributed by atoms with van der Waals surface area (Å²) in [4.78, 5) is 11.8. The van der Waals surface area contributed by atoms with E-state index in [4.69, 9.17) is 11.6 Å². The Morgan fingerprint density at radius 3 is 2.62 bits per heavy atom. The Kier molecular flexibility index (Phi) is 5.20. The molecule has 0 heterocycles. The third-order valence-electron chi connectivity index (χ3n) is 2.83. The molecule has 0 aromatic heterocycles. The Morgan fingerprint density at radius 1 is 1.24 bits per heavy atom. The Hall–Kier alpha value is -1.59. The second kappa shape index (κ2) is 6.91. The van der Waals surface area contributed by atoms with Crippen LogP contribution in [-0.2, 0) is 4.79 Å². The number of rotatable bonds is 4. The van der Waals surface area contributed by atoms with Crippen molar-refractivity contribution in [1.29, 1.82) is 0 Å². The Bertz CT molecular complexity index is 679. The van der Waals surface area contributed by atoms with E-state index in [0.29, 0.717) is 5.69 Å². The molecule has 0 spiro atoms. The van der Waals surface area contributed by atoms with Crippen LogP contribution in [0.15, 0.2) is 40.9 Å². The standard InChI is InChI=1S/C15H13BrClFN2O/c1-9-2-3-10(6-12(9)16)19-8-15(21)20-11-4-5-14(18)13(17)7-11/h2-7,19H,8H2,1H3,(H,20,21). The second-order valence-electron chi connectivity index (χ2n) is 4.49. The van der Waals surface area contributed by atoms with Crippen molar-refractivity contribution in [2.45, 2.75) is 6.92 Å². The van der Waals surface area contributed by atoms with Gasteiger partial charge in [0.15, 0.2) is 0 Å². The lowest BCUT2D eigenvalue weighted by Gasteiger charge is -2.09. The molecule has 21 heavy (non-hydrogen) atoms. The summed E-state index contributed by atoms with van der Waals surface area (Å²) in [5.74, 6) is -0.758. The van der Waals surface area contributed by atoms with Gasteiger partial charge in [0.1, 0.15) is 5.82 Å². The molecule has 0 aliphatic carbocycles. The van der Waals surface area contributed by atoms with Gasteiger partial charge in [-0.05, 0) is 42.8 Å². The fourth-order valence-electron chi connectivity index (χ4n) is 1.66. The van der Waals surface area contributed by atoms with Crippen molar-refractivity contribution in [3.8, 4) is 0 Å². The number of carbonyl (C=O) groups excluding carboxylic acids is 1. The predicted octanol–water partition coefficient (Wildman–Crippen LogP) is 4.60. The maximum Gasteiger partial charge on any atom is 0.243 e. The summed E-state index contributed by atoms with van der Waals surface area (Å²) >= 11 is 9.09. The normalized spacial score (nSPS) is 10.3. The average Bonchev–Trinajstić information content (AvgIpc) is 2.44. The van der Waals surface area contributed by atoms with Crippen LogP contribution in [0.25, 0.3) is 0 Å². The first kappa shape index (κ1) is 15.8. The van der Waals surface area contributed by atoms with Crippen molar-refractivity contribution in [1.82, 2.24) is 0 Å². The highest BCUT2D eigenvalue weighted by atomic mass is 79.9. The first-order chi connectivity index (χ1) is 9.95. The van der Waals surface area contributed by atoms with Crippen LogP contribution >= 0.6 is 27.5 Å². The van der Waals surface area contributed by atoms with Gasteiger partial charge in [0.2, 0.25) is 5.91 Å². The molecule has 2 N–H and O–H groups in total. The molecule has 6 heteroatoms. The van der Waals surface area contributed by atoms with Gasteiger partial charge in [-0.15, -0.1) is 0 Å². The maximum absolute atomic E-state index is 13.0. The zero-order valence-corrected chi connectivity index (χ0v) is 13.6. The fraction of sp³-hybridized carbons (Fsp3) is 0.133. The molecule has 0 aliphatic heterocycles. The van der Waals surface area contributed by atoms with Crippen LogP contribution in [0.3, 0.4) is 0 Å². The lowest BCUT2D eigenvalue weighted by molar-refractivity contribution is -0.114. The molecular formula is C15H13BrClFN2O. The lowest BCUT2D eigenvalue weighted by Crippen LogP contribution is -2.21. The minimum absolute atomic E-state index is 0.0248. The molecule has 0 radical (unpaired) electrons. The van der Waals surface area contributed by atoms with Gasteiger partial charge in [0.05, 0.1) is 11.6 Å². The van der Waals surface area contributed by atoms with Crippen LogP contribution in [0.1, 0.15) is 5.56 Å². The zero-order chi connectivity index (χ0) is 15.4. The summed E-state index contributed by atoms with van der Waals surface area (Å²) < 4.78 is 14.0. The van der Waals surface area contributed by atoms with E-state index in [1.54, 1.807) is 0 Å². The quantitative estimate of drug-likeness (QED) is 0.824. The van der Waals surface area contributed by atoms with Gasteiger partial charge in [-0.2, -0.15) is 0 Å². The van der Waals surface area contributed by atoms with Crippen molar-refractivity contribution < 1.29 is 9.18 Å². The van der Waals surface area contributed by atoms with Gasteiger partial charge in [-0.3, -0.25) is 4.79 Å². The van der Waals surface area contributed by atoms with Crippen molar-refractivity contribution in [3.63, 3.8) is 0 Å². The molecule has 0 aliphatic rings. The molecule has 2 rings (SSSR count). The highest BCUT2D eigenvalue weighted by Crippen LogP contribution is 2.21. The van der Waals surface area contributed by atoms with Gasteiger partial charge < -0.3 is 10.6 Å². The summed E-state index contributed by atoms with van der Waals surface area (Å²) in [6.45, 7) is 2.09. The molecule has 0 saturated heterocycles. The number of anilines is 2. The summed E-state index contributed by atoms with van der Waals surface area (Å²) in [6, 6.07) is 9.78. The van der Waals surface area contributed by atoms with Crippen LogP contribution in [-0.4, -0.2) is 12.5 Å². The average molecular weight is 372 g/mol. The fourth-order valence-corrected chi connectivity index (χ4v) is 2.22. The van der Waals surface area contributed by atoms with E-state index in [-0.39, 0.29) is 17.5 Å². The number of carbonyl (C=O) groups is 1. The number of benzene rings is 2. The minimum atomic E-state index is -0.516. The molecule has 0 saturated carbocycles. The molecule has 3 nitrogen and oxygen atoms in total. The Balaban J connectivity index is 1.92. The first-order valence-electron chi connectivity index (χ1n) is 6.20. The topological polar surface area (TPSA) is 41.1 Å². The lowest BCUT2D eigenvalue weighted by atomic mass is 10.2. The summed E-state index contributed by atoms with van der Waals surface area (Å²) in [5.41, 5.74) is 2.41. The third kappa shape index (κ3) is 4.44. The number of nitrogens with one attached hydrogen (secondary N) is 2. The number of amides is 1.